The van der Waals surface area contributed by atoms with Gasteiger partial charge in [-0.25, -0.2) is 4.79 Å². The topological polar surface area (TPSA) is 52.3 Å². The van der Waals surface area contributed by atoms with Crippen LogP contribution in [0.4, 0.5) is 0 Å². The Labute approximate surface area is 95.9 Å². The largest absolute Gasteiger partial charge is 0.458 e. The van der Waals surface area contributed by atoms with Crippen molar-refractivity contribution < 1.29 is 9.53 Å². The lowest BCUT2D eigenvalue weighted by molar-refractivity contribution is -0.139. The molecule has 16 heavy (non-hydrogen) atoms. The minimum atomic E-state index is -0.404. The number of carbonyl (C=O) groups is 1. The fraction of sp³-hybridized carbons (Fsp3) is 0.308. The van der Waals surface area contributed by atoms with Crippen molar-refractivity contribution in [2.45, 2.75) is 27.4 Å². The fourth-order valence-electron chi connectivity index (χ4n) is 1.28. The van der Waals surface area contributed by atoms with Gasteiger partial charge in [0.05, 0.1) is 0 Å². The number of benzene rings is 1. The summed E-state index contributed by atoms with van der Waals surface area (Å²) in [4.78, 5) is 11.2. The molecule has 0 bridgehead atoms. The maximum Gasteiger partial charge on any atom is 0.332 e. The molecule has 0 radical (unpaired) electrons. The smallest absolute Gasteiger partial charge is 0.332 e. The van der Waals surface area contributed by atoms with Crippen LogP contribution in [0.2, 0.25) is 0 Å². The van der Waals surface area contributed by atoms with E-state index < -0.39 is 5.97 Å². The molecule has 0 aromatic heterocycles. The van der Waals surface area contributed by atoms with E-state index in [9.17, 15) is 4.79 Å². The Balaban J connectivity index is 2.58. The van der Waals surface area contributed by atoms with Crippen molar-refractivity contribution in [1.82, 2.24) is 0 Å². The van der Waals surface area contributed by atoms with Gasteiger partial charge in [0.15, 0.2) is 0 Å². The predicted octanol–water partition coefficient (Wildman–Crippen LogP) is 2.21. The molecule has 0 aliphatic rings. The predicted molar refractivity (Wildman–Crippen MR) is 63.7 cm³/mol. The zero-order valence-electron chi connectivity index (χ0n) is 9.91. The summed E-state index contributed by atoms with van der Waals surface area (Å²) in [7, 11) is 0. The van der Waals surface area contributed by atoms with Crippen LogP contribution in [0.5, 0.6) is 0 Å². The standard InChI is InChI=1S/C13H17NO2/c1-9-4-5-12(6-10(9)2)8-16-13(15)7-11(3)14/h4-7H,8,14H2,1-3H3/b11-7-. The molecule has 0 heterocycles. The van der Waals surface area contributed by atoms with E-state index in [2.05, 4.69) is 0 Å². The number of nitrogens with two attached hydrogens (primary N) is 1. The normalized spacial score (nSPS) is 11.3. The molecule has 0 saturated carbocycles. The number of hydrogen-bond acceptors (Lipinski definition) is 3. The number of ether oxygens (including phenoxy) is 1. The van der Waals surface area contributed by atoms with Crippen molar-refractivity contribution >= 4 is 5.97 Å². The van der Waals surface area contributed by atoms with Crippen molar-refractivity contribution in [3.8, 4) is 0 Å². The Kier molecular flexibility index (Phi) is 4.11. The van der Waals surface area contributed by atoms with Gasteiger partial charge in [0, 0.05) is 11.8 Å². The Morgan fingerprint density at radius 3 is 2.62 bits per heavy atom. The number of esters is 1. The Hall–Kier alpha value is -1.77. The van der Waals surface area contributed by atoms with E-state index in [0.29, 0.717) is 5.70 Å². The summed E-state index contributed by atoms with van der Waals surface area (Å²) in [5, 5.41) is 0. The summed E-state index contributed by atoms with van der Waals surface area (Å²) in [6.45, 7) is 6.01. The van der Waals surface area contributed by atoms with Crippen molar-refractivity contribution in [1.29, 1.82) is 0 Å². The first-order chi connectivity index (χ1) is 7.49. The molecule has 2 N–H and O–H groups in total. The Morgan fingerprint density at radius 1 is 1.38 bits per heavy atom. The Morgan fingerprint density at radius 2 is 2.06 bits per heavy atom. The summed E-state index contributed by atoms with van der Waals surface area (Å²) in [6, 6.07) is 5.98. The van der Waals surface area contributed by atoms with Crippen molar-refractivity contribution in [2.75, 3.05) is 0 Å². The first-order valence-corrected chi connectivity index (χ1v) is 5.15. The molecular formula is C13H17NO2. The molecule has 0 aliphatic heterocycles. The lowest BCUT2D eigenvalue weighted by atomic mass is 10.1. The summed E-state index contributed by atoms with van der Waals surface area (Å²) >= 11 is 0. The van der Waals surface area contributed by atoms with Gasteiger partial charge in [-0.1, -0.05) is 18.2 Å². The molecule has 0 fully saturated rings. The summed E-state index contributed by atoms with van der Waals surface area (Å²) < 4.78 is 5.04. The van der Waals surface area contributed by atoms with Gasteiger partial charge in [-0.15, -0.1) is 0 Å². The number of allylic oxidation sites excluding steroid dienone is 1. The lowest BCUT2D eigenvalue weighted by Gasteiger charge is -2.05. The van der Waals surface area contributed by atoms with Crippen LogP contribution in [-0.2, 0) is 16.1 Å². The van der Waals surface area contributed by atoms with Gasteiger partial charge in [0.1, 0.15) is 6.61 Å². The number of rotatable bonds is 3. The highest BCUT2D eigenvalue weighted by Crippen LogP contribution is 2.10. The molecule has 3 heteroatoms. The van der Waals surface area contributed by atoms with Crippen LogP contribution in [-0.4, -0.2) is 5.97 Å². The molecule has 1 aromatic carbocycles. The zero-order chi connectivity index (χ0) is 12.1. The molecule has 0 saturated heterocycles. The molecular weight excluding hydrogens is 202 g/mol. The van der Waals surface area contributed by atoms with Crippen LogP contribution in [0.3, 0.4) is 0 Å². The highest BCUT2D eigenvalue weighted by Gasteiger charge is 2.01. The summed E-state index contributed by atoms with van der Waals surface area (Å²) in [6.07, 6.45) is 1.28. The minimum Gasteiger partial charge on any atom is -0.458 e. The second-order valence-electron chi connectivity index (χ2n) is 3.91. The monoisotopic (exact) mass is 219 g/mol. The van der Waals surface area contributed by atoms with Crippen LogP contribution in [0.25, 0.3) is 0 Å². The maximum atomic E-state index is 11.2. The van der Waals surface area contributed by atoms with Gasteiger partial charge in [-0.05, 0) is 37.5 Å². The first kappa shape index (κ1) is 12.3. The second kappa shape index (κ2) is 5.35. The minimum absolute atomic E-state index is 0.281. The Bertz CT molecular complexity index is 418. The average molecular weight is 219 g/mol. The molecule has 3 nitrogen and oxygen atoms in total. The zero-order valence-corrected chi connectivity index (χ0v) is 9.91. The molecule has 0 amide bonds. The molecule has 1 aromatic rings. The average Bonchev–Trinajstić information content (AvgIpc) is 2.19. The van der Waals surface area contributed by atoms with E-state index in [4.69, 9.17) is 10.5 Å². The van der Waals surface area contributed by atoms with Gasteiger partial charge in [0.25, 0.3) is 0 Å². The molecule has 0 unspecified atom stereocenters. The van der Waals surface area contributed by atoms with Crippen LogP contribution in [0.15, 0.2) is 30.0 Å². The molecule has 0 aliphatic carbocycles. The number of aryl methyl sites for hydroxylation is 2. The van der Waals surface area contributed by atoms with E-state index in [-0.39, 0.29) is 6.61 Å². The highest BCUT2D eigenvalue weighted by molar-refractivity contribution is 5.82. The third-order valence-electron chi connectivity index (χ3n) is 2.30. The third-order valence-corrected chi connectivity index (χ3v) is 2.30. The summed E-state index contributed by atoms with van der Waals surface area (Å²) in [5.41, 5.74) is 9.22. The van der Waals surface area contributed by atoms with E-state index in [1.54, 1.807) is 6.92 Å². The second-order valence-corrected chi connectivity index (χ2v) is 3.91. The highest BCUT2D eigenvalue weighted by atomic mass is 16.5. The van der Waals surface area contributed by atoms with Crippen LogP contribution in [0.1, 0.15) is 23.6 Å². The number of hydrogen-bond donors (Lipinski definition) is 1. The number of carbonyl (C=O) groups excluding carboxylic acids is 1. The van der Waals surface area contributed by atoms with Crippen LogP contribution < -0.4 is 5.73 Å². The van der Waals surface area contributed by atoms with Crippen molar-refractivity contribution in [3.05, 3.63) is 46.7 Å². The van der Waals surface area contributed by atoms with E-state index in [1.807, 2.05) is 32.0 Å². The van der Waals surface area contributed by atoms with Gasteiger partial charge < -0.3 is 10.5 Å². The molecule has 0 spiro atoms. The maximum absolute atomic E-state index is 11.2. The van der Waals surface area contributed by atoms with Crippen LogP contribution >= 0.6 is 0 Å². The quantitative estimate of drug-likeness (QED) is 0.626. The van der Waals surface area contributed by atoms with E-state index in [1.165, 1.54) is 17.2 Å². The van der Waals surface area contributed by atoms with Gasteiger partial charge >= 0.3 is 5.97 Å². The van der Waals surface area contributed by atoms with Crippen LogP contribution in [0, 0.1) is 13.8 Å². The third kappa shape index (κ3) is 3.77. The van der Waals surface area contributed by atoms with Gasteiger partial charge in [-0.2, -0.15) is 0 Å². The SMILES string of the molecule is C/C(N)=C/C(=O)OCc1ccc(C)c(C)c1. The van der Waals surface area contributed by atoms with Gasteiger partial charge in [-0.3, -0.25) is 0 Å². The molecule has 1 rings (SSSR count). The summed E-state index contributed by atoms with van der Waals surface area (Å²) in [5.74, 6) is -0.404. The van der Waals surface area contributed by atoms with E-state index in [0.717, 1.165) is 5.56 Å². The molecule has 0 atom stereocenters. The van der Waals surface area contributed by atoms with E-state index >= 15 is 0 Å². The van der Waals surface area contributed by atoms with Crippen molar-refractivity contribution in [3.63, 3.8) is 0 Å². The first-order valence-electron chi connectivity index (χ1n) is 5.15. The van der Waals surface area contributed by atoms with Gasteiger partial charge in [0.2, 0.25) is 0 Å². The van der Waals surface area contributed by atoms with Crippen molar-refractivity contribution in [2.24, 2.45) is 5.73 Å². The fourth-order valence-corrected chi connectivity index (χ4v) is 1.28. The molecule has 86 valence electrons. The lowest BCUT2D eigenvalue weighted by Crippen LogP contribution is -2.04.